The Morgan fingerprint density at radius 3 is 0.785 bits per heavy atom. The highest BCUT2D eigenvalue weighted by Gasteiger charge is 2.47. The maximum absolute atomic E-state index is 12.0. The summed E-state index contributed by atoms with van der Waals surface area (Å²) in [7, 11) is -19.9. The molecule has 6 heterocycles. The molecule has 32 heteroatoms. The van der Waals surface area contributed by atoms with Crippen molar-refractivity contribution in [2.75, 3.05) is 77.0 Å². The normalized spacial score (nSPS) is 23.5. The fourth-order valence-corrected chi connectivity index (χ4v) is 19.8. The van der Waals surface area contributed by atoms with E-state index in [4.69, 9.17) is 5.11 Å². The molecule has 6 aliphatic heterocycles. The third-order valence-electron chi connectivity index (χ3n) is 12.1. The minimum Gasteiger partial charge on any atom is -0.384 e. The predicted octanol–water partition coefficient (Wildman–Crippen LogP) is 2.79. The molecule has 0 saturated carbocycles. The maximum atomic E-state index is 12.0. The van der Waals surface area contributed by atoms with Crippen molar-refractivity contribution in [1.29, 1.82) is 0 Å². The van der Waals surface area contributed by atoms with Crippen LogP contribution in [0.1, 0.15) is 173 Å². The van der Waals surface area contributed by atoms with Crippen LogP contribution < -0.4 is 4.72 Å². The Labute approximate surface area is 478 Å². The first-order valence-corrected chi connectivity index (χ1v) is 34.2. The van der Waals surface area contributed by atoms with Gasteiger partial charge in [-0.3, -0.25) is 14.4 Å². The number of sulfonamides is 2. The van der Waals surface area contributed by atoms with Crippen molar-refractivity contribution in [3.8, 4) is 0 Å². The molecule has 0 aromatic carbocycles. The molecule has 1 unspecified atom stereocenters. The van der Waals surface area contributed by atoms with Crippen LogP contribution in [0, 0.1) is 0 Å². The highest BCUT2D eigenvalue weighted by atomic mass is 32.2. The van der Waals surface area contributed by atoms with Crippen molar-refractivity contribution >= 4 is 78.6 Å². The molecule has 472 valence electrons. The van der Waals surface area contributed by atoms with Crippen molar-refractivity contribution in [2.45, 2.75) is 212 Å². The highest BCUT2D eigenvalue weighted by Crippen LogP contribution is 2.29. The van der Waals surface area contributed by atoms with E-state index < -0.39 is 101 Å². The molecule has 0 aliphatic carbocycles. The number of nitrogens with zero attached hydrogens (tertiary/aromatic N) is 9. The van der Waals surface area contributed by atoms with Crippen molar-refractivity contribution in [3.63, 3.8) is 0 Å². The molecule has 6 fully saturated rings. The van der Waals surface area contributed by atoms with Crippen molar-refractivity contribution in [2.24, 2.45) is 0 Å². The first-order chi connectivity index (χ1) is 33.9. The van der Waals surface area contributed by atoms with Gasteiger partial charge in [0.1, 0.15) is 6.10 Å². The first-order valence-electron chi connectivity index (χ1n) is 25.4. The molecule has 6 aliphatic rings. The summed E-state index contributed by atoms with van der Waals surface area (Å²) in [6, 6.07) is 0. The van der Waals surface area contributed by atoms with Crippen molar-refractivity contribution in [3.05, 3.63) is 0 Å². The van der Waals surface area contributed by atoms with Gasteiger partial charge in [-0.25, -0.2) is 34.5 Å². The number of nitrogens with one attached hydrogen (secondary N) is 1. The van der Waals surface area contributed by atoms with E-state index in [9.17, 15) is 64.9 Å². The summed E-state index contributed by atoms with van der Waals surface area (Å²) in [5, 5.41) is 9.13. The van der Waals surface area contributed by atoms with Crippen LogP contribution in [-0.4, -0.2) is 228 Å². The average molecular weight is 1260 g/mol. The number of hydrogen-bond acceptors (Lipinski definition) is 16. The smallest absolute Gasteiger partial charge is 0.306 e. The Morgan fingerprint density at radius 1 is 0.392 bits per heavy atom. The Balaban J connectivity index is 0. The van der Waals surface area contributed by atoms with Gasteiger partial charge in [0.15, 0.2) is 0 Å². The SMILES string of the molecule is C.C.CC(=O)N1CCN(C(C)(C)C)S1(=O)=O.CC(=O)N1CCN(C(C)(C)C)S1(=O)=O.CC(C)(C)N1CCCS1(=O)=O.CC(C)(C)N1CCCS1(=O)=O.CC(C)(C)N1CCNS1(=O)=O.CC(O)C(=O)N1CCN(C(C)(C)C)S1(=O)=O. The van der Waals surface area contributed by atoms with Crippen LogP contribution in [0.3, 0.4) is 0 Å². The van der Waals surface area contributed by atoms with Crippen molar-refractivity contribution < 1.29 is 70.0 Å². The van der Waals surface area contributed by atoms with E-state index in [1.165, 1.54) is 38.0 Å². The summed E-state index contributed by atoms with van der Waals surface area (Å²) in [6.07, 6.45) is 0.258. The zero-order valence-corrected chi connectivity index (χ0v) is 54.4. The number of carbonyl (C=O) groups excluding carboxylic acids is 3. The van der Waals surface area contributed by atoms with Gasteiger partial charge in [0.25, 0.3) is 16.1 Å². The molecule has 6 saturated heterocycles. The molecular formula is C47H102N10O16S6. The lowest BCUT2D eigenvalue weighted by Crippen LogP contribution is -2.47. The number of aliphatic hydroxyl groups excluding tert-OH is 1. The maximum Gasteiger partial charge on any atom is 0.306 e. The van der Waals surface area contributed by atoms with Crippen LogP contribution in [0.2, 0.25) is 0 Å². The molecule has 0 radical (unpaired) electrons. The Kier molecular flexibility index (Phi) is 27.6. The molecule has 26 nitrogen and oxygen atoms in total. The number of rotatable bonds is 1. The van der Waals surface area contributed by atoms with Gasteiger partial charge in [-0.2, -0.15) is 59.5 Å². The minimum absolute atomic E-state index is 0. The van der Waals surface area contributed by atoms with Crippen LogP contribution in [0.25, 0.3) is 0 Å². The largest absolute Gasteiger partial charge is 0.384 e. The monoisotopic (exact) mass is 1250 g/mol. The molecule has 0 aromatic rings. The number of carbonyl (C=O) groups is 3. The van der Waals surface area contributed by atoms with Crippen LogP contribution >= 0.6 is 0 Å². The number of amides is 3. The zero-order valence-electron chi connectivity index (χ0n) is 49.5. The fourth-order valence-electron chi connectivity index (χ4n) is 8.67. The lowest BCUT2D eigenvalue weighted by molar-refractivity contribution is -0.134. The van der Waals surface area contributed by atoms with Gasteiger partial charge in [-0.05, 0) is 144 Å². The van der Waals surface area contributed by atoms with Crippen LogP contribution in [0.4, 0.5) is 0 Å². The summed E-state index contributed by atoms with van der Waals surface area (Å²) in [5.41, 5.74) is -2.29. The molecule has 79 heavy (non-hydrogen) atoms. The molecule has 2 N–H and O–H groups in total. The zero-order chi connectivity index (χ0) is 61.1. The van der Waals surface area contributed by atoms with E-state index in [2.05, 4.69) is 4.72 Å². The van der Waals surface area contributed by atoms with E-state index >= 15 is 0 Å². The van der Waals surface area contributed by atoms with Gasteiger partial charge < -0.3 is 5.11 Å². The standard InChI is InChI=1S/C9H18N2O4S.2C8H16N2O3S.2C7H15NO2S.C6H14N2O2S.2CH4/c1-7(12)8(13)10-5-6-11(9(2,3)4)16(10,14)15;2*1-7(11)9-5-6-10(8(2,3)4)14(9,12)13;2*1-7(2,3)8-5-4-6-11(8,9)10;1-6(2,3)8-5-4-7-11(8,9)10;;/h7,12H,5-6H2,1-4H3;2*5-6H2,1-4H3;2*4-6H2,1-3H3;7H,4-5H2,1-3H3;2*1H4. The van der Waals surface area contributed by atoms with E-state index in [0.29, 0.717) is 50.8 Å². The number of hydrogen-bond donors (Lipinski definition) is 2. The van der Waals surface area contributed by atoms with Crippen LogP contribution in [0.5, 0.6) is 0 Å². The number of aliphatic hydroxyl groups is 1. The van der Waals surface area contributed by atoms with E-state index in [1.54, 1.807) is 29.4 Å². The van der Waals surface area contributed by atoms with Gasteiger partial charge in [0.05, 0.1) is 31.1 Å². The summed E-state index contributed by atoms with van der Waals surface area (Å²) in [6.45, 7) is 41.3. The molecular weight excluding hydrogens is 1150 g/mol. The second kappa shape index (κ2) is 27.7. The summed E-state index contributed by atoms with van der Waals surface area (Å²) >= 11 is 0. The van der Waals surface area contributed by atoms with Gasteiger partial charge in [0, 0.05) is 92.9 Å². The lowest BCUT2D eigenvalue weighted by atomic mass is 10.1. The lowest BCUT2D eigenvalue weighted by Gasteiger charge is -2.30. The van der Waals surface area contributed by atoms with E-state index in [0.717, 1.165) is 25.8 Å². The van der Waals surface area contributed by atoms with Gasteiger partial charge >= 0.3 is 30.6 Å². The third-order valence-corrected chi connectivity index (χ3v) is 25.1. The van der Waals surface area contributed by atoms with Gasteiger partial charge in [0.2, 0.25) is 31.9 Å². The molecule has 6 rings (SSSR count). The highest BCUT2D eigenvalue weighted by molar-refractivity contribution is 7.90. The Bertz CT molecular complexity index is 2560. The minimum atomic E-state index is -3.77. The molecule has 0 bridgehead atoms. The molecule has 1 atom stereocenters. The van der Waals surface area contributed by atoms with Crippen LogP contribution in [0.15, 0.2) is 0 Å². The third kappa shape index (κ3) is 21.1. The van der Waals surface area contributed by atoms with Gasteiger partial charge in [-0.15, -0.1) is 0 Å². The predicted molar refractivity (Wildman–Crippen MR) is 311 cm³/mol. The van der Waals surface area contributed by atoms with E-state index in [1.807, 2.05) is 104 Å². The summed E-state index contributed by atoms with van der Waals surface area (Å²) < 4.78 is 153. The Morgan fingerprint density at radius 2 is 0.646 bits per heavy atom. The topological polar surface area (TPSA) is 317 Å². The second-order valence-corrected chi connectivity index (χ2v) is 36.0. The molecule has 3 amide bonds. The average Bonchev–Trinajstić information content (AvgIpc) is 4.03. The summed E-state index contributed by atoms with van der Waals surface area (Å²) in [4.78, 5) is 33.6. The quantitative estimate of drug-likeness (QED) is 0.381. The van der Waals surface area contributed by atoms with E-state index in [-0.39, 0.29) is 57.6 Å². The fraction of sp³-hybridized carbons (Fsp3) is 0.936. The van der Waals surface area contributed by atoms with Crippen LogP contribution in [-0.2, 0) is 75.3 Å². The molecule has 0 spiro atoms. The van der Waals surface area contributed by atoms with Crippen molar-refractivity contribution in [1.82, 2.24) is 43.5 Å². The first kappa shape index (κ1) is 78.9. The summed E-state index contributed by atoms with van der Waals surface area (Å²) in [5.74, 6) is -0.964. The van der Waals surface area contributed by atoms with Gasteiger partial charge in [-0.1, -0.05) is 14.9 Å². The second-order valence-electron chi connectivity index (χ2n) is 25.0. The molecule has 0 aromatic heterocycles. The Hall–Kier alpha value is -2.21.